The van der Waals surface area contributed by atoms with Gasteiger partial charge in [0.05, 0.1) is 27.0 Å². The van der Waals surface area contributed by atoms with E-state index in [2.05, 4.69) is 25.8 Å². The molecule has 3 aromatic rings. The minimum absolute atomic E-state index is 0.615. The number of benzene rings is 1. The van der Waals surface area contributed by atoms with Crippen molar-refractivity contribution in [2.24, 2.45) is 0 Å². The van der Waals surface area contributed by atoms with Crippen LogP contribution in [0.5, 0.6) is 17.2 Å². The van der Waals surface area contributed by atoms with Gasteiger partial charge >= 0.3 is 0 Å². The summed E-state index contributed by atoms with van der Waals surface area (Å²) in [5.74, 6) is 3.84. The van der Waals surface area contributed by atoms with Crippen LogP contribution in [0.4, 0.5) is 11.8 Å². The first-order valence-electron chi connectivity index (χ1n) is 12.0. The van der Waals surface area contributed by atoms with Crippen LogP contribution in [0.2, 0.25) is 0 Å². The molecule has 2 aliphatic heterocycles. The molecule has 1 aromatic carbocycles. The summed E-state index contributed by atoms with van der Waals surface area (Å²) >= 11 is 0. The number of ether oxygens (including phenoxy) is 3. The molecule has 35 heavy (non-hydrogen) atoms. The van der Waals surface area contributed by atoms with E-state index >= 15 is 0 Å². The smallest absolute Gasteiger partial charge is 0.225 e. The van der Waals surface area contributed by atoms with Crippen molar-refractivity contribution in [3.05, 3.63) is 59.5 Å². The Balaban J connectivity index is 1.23. The van der Waals surface area contributed by atoms with Crippen LogP contribution in [-0.4, -0.2) is 73.9 Å². The van der Waals surface area contributed by atoms with Crippen molar-refractivity contribution < 1.29 is 14.2 Å². The maximum atomic E-state index is 5.51. The number of pyridine rings is 1. The Morgan fingerprint density at radius 3 is 2.26 bits per heavy atom. The maximum Gasteiger partial charge on any atom is 0.225 e. The summed E-state index contributed by atoms with van der Waals surface area (Å²) in [5, 5.41) is 0. The molecular weight excluding hydrogens is 444 g/mol. The molecule has 5 rings (SSSR count). The SMILES string of the molecule is COc1cc(CN2CCc3nc(N4CCN(c5ccccn5)CC4)ncc3C2)cc(OC)c1OC. The lowest BCUT2D eigenvalue weighted by Crippen LogP contribution is -2.47. The van der Waals surface area contributed by atoms with Gasteiger partial charge in [0.1, 0.15) is 5.82 Å². The molecule has 0 bridgehead atoms. The first-order valence-corrected chi connectivity index (χ1v) is 12.0. The van der Waals surface area contributed by atoms with Gasteiger partial charge in [-0.3, -0.25) is 4.90 Å². The van der Waals surface area contributed by atoms with E-state index in [1.807, 2.05) is 36.7 Å². The van der Waals surface area contributed by atoms with Crippen molar-refractivity contribution in [3.8, 4) is 17.2 Å². The lowest BCUT2D eigenvalue weighted by Gasteiger charge is -2.36. The molecular formula is C26H32N6O3. The van der Waals surface area contributed by atoms with Crippen molar-refractivity contribution in [1.29, 1.82) is 0 Å². The fourth-order valence-corrected chi connectivity index (χ4v) is 4.81. The zero-order chi connectivity index (χ0) is 24.2. The van der Waals surface area contributed by atoms with E-state index in [-0.39, 0.29) is 0 Å². The Bertz CT molecular complexity index is 1130. The second-order valence-electron chi connectivity index (χ2n) is 8.80. The fourth-order valence-electron chi connectivity index (χ4n) is 4.81. The molecule has 2 aromatic heterocycles. The van der Waals surface area contributed by atoms with Crippen LogP contribution >= 0.6 is 0 Å². The van der Waals surface area contributed by atoms with E-state index < -0.39 is 0 Å². The molecule has 1 saturated heterocycles. The standard InChI is InChI=1S/C26H32N6O3/c1-33-22-14-19(15-23(34-2)25(22)35-3)17-30-9-7-21-20(18-30)16-28-26(29-21)32-12-10-31(11-13-32)24-6-4-5-8-27-24/h4-6,8,14-16H,7,9-13,17-18H2,1-3H3. The Hall–Kier alpha value is -3.59. The second kappa shape index (κ2) is 10.4. The summed E-state index contributed by atoms with van der Waals surface area (Å²) in [4.78, 5) is 21.2. The van der Waals surface area contributed by atoms with E-state index in [1.165, 1.54) is 5.56 Å². The monoisotopic (exact) mass is 476 g/mol. The first-order chi connectivity index (χ1) is 17.2. The summed E-state index contributed by atoms with van der Waals surface area (Å²) in [7, 11) is 4.91. The van der Waals surface area contributed by atoms with Crippen molar-refractivity contribution in [3.63, 3.8) is 0 Å². The normalized spacial score (nSPS) is 16.1. The van der Waals surface area contributed by atoms with Crippen LogP contribution in [0.3, 0.4) is 0 Å². The van der Waals surface area contributed by atoms with E-state index in [4.69, 9.17) is 24.2 Å². The van der Waals surface area contributed by atoms with Gasteiger partial charge in [-0.25, -0.2) is 15.0 Å². The topological polar surface area (TPSA) is 76.1 Å². The zero-order valence-corrected chi connectivity index (χ0v) is 20.6. The summed E-state index contributed by atoms with van der Waals surface area (Å²) in [6.07, 6.45) is 4.76. The van der Waals surface area contributed by atoms with Gasteiger partial charge in [0.2, 0.25) is 11.7 Å². The second-order valence-corrected chi connectivity index (χ2v) is 8.80. The van der Waals surface area contributed by atoms with Gasteiger partial charge in [0, 0.05) is 70.2 Å². The molecule has 1 fully saturated rings. The quantitative estimate of drug-likeness (QED) is 0.512. The van der Waals surface area contributed by atoms with Gasteiger partial charge in [-0.2, -0.15) is 0 Å². The number of fused-ring (bicyclic) bond motifs is 1. The number of hydrogen-bond acceptors (Lipinski definition) is 9. The van der Waals surface area contributed by atoms with Crippen LogP contribution in [0.25, 0.3) is 0 Å². The number of hydrogen-bond donors (Lipinski definition) is 0. The summed E-state index contributed by atoms with van der Waals surface area (Å²) in [6.45, 7) is 6.16. The van der Waals surface area contributed by atoms with Gasteiger partial charge in [0.25, 0.3) is 0 Å². The predicted molar refractivity (Wildman–Crippen MR) is 135 cm³/mol. The molecule has 0 spiro atoms. The number of anilines is 2. The van der Waals surface area contributed by atoms with Crippen LogP contribution in [0, 0.1) is 0 Å². The summed E-state index contributed by atoms with van der Waals surface area (Å²) in [5.41, 5.74) is 3.47. The third kappa shape index (κ3) is 4.95. The van der Waals surface area contributed by atoms with E-state index in [0.717, 1.165) is 75.3 Å². The molecule has 0 aliphatic carbocycles. The highest BCUT2D eigenvalue weighted by molar-refractivity contribution is 5.54. The Morgan fingerprint density at radius 1 is 0.857 bits per heavy atom. The molecule has 0 radical (unpaired) electrons. The highest BCUT2D eigenvalue weighted by atomic mass is 16.5. The van der Waals surface area contributed by atoms with Gasteiger partial charge in [-0.15, -0.1) is 0 Å². The fraction of sp³-hybridized carbons (Fsp3) is 0.423. The average molecular weight is 477 g/mol. The number of rotatable bonds is 7. The highest BCUT2D eigenvalue weighted by Gasteiger charge is 2.24. The molecule has 0 atom stereocenters. The van der Waals surface area contributed by atoms with Crippen LogP contribution < -0.4 is 24.0 Å². The molecule has 0 amide bonds. The molecule has 0 saturated carbocycles. The number of aromatic nitrogens is 3. The number of nitrogens with zero attached hydrogens (tertiary/aromatic N) is 6. The van der Waals surface area contributed by atoms with Crippen LogP contribution in [0.15, 0.2) is 42.7 Å². The van der Waals surface area contributed by atoms with Gasteiger partial charge in [0.15, 0.2) is 11.5 Å². The summed E-state index contributed by atoms with van der Waals surface area (Å²) < 4.78 is 16.5. The van der Waals surface area contributed by atoms with Crippen molar-refractivity contribution in [2.75, 3.05) is 63.9 Å². The predicted octanol–water partition coefficient (Wildman–Crippen LogP) is 2.78. The molecule has 4 heterocycles. The Kier molecular flexibility index (Phi) is 6.85. The van der Waals surface area contributed by atoms with Gasteiger partial charge in [-0.1, -0.05) is 6.07 Å². The van der Waals surface area contributed by atoms with E-state index in [1.54, 1.807) is 21.3 Å². The third-order valence-corrected chi connectivity index (χ3v) is 6.67. The highest BCUT2D eigenvalue weighted by Crippen LogP contribution is 2.38. The van der Waals surface area contributed by atoms with Crippen molar-refractivity contribution >= 4 is 11.8 Å². The van der Waals surface area contributed by atoms with E-state index in [0.29, 0.717) is 17.2 Å². The number of piperazine rings is 1. The average Bonchev–Trinajstić information content (AvgIpc) is 2.92. The third-order valence-electron chi connectivity index (χ3n) is 6.67. The summed E-state index contributed by atoms with van der Waals surface area (Å²) in [6, 6.07) is 10.1. The van der Waals surface area contributed by atoms with Gasteiger partial charge in [-0.05, 0) is 29.8 Å². The molecule has 0 N–H and O–H groups in total. The molecule has 0 unspecified atom stereocenters. The van der Waals surface area contributed by atoms with E-state index in [9.17, 15) is 0 Å². The first kappa shape index (κ1) is 23.2. The minimum Gasteiger partial charge on any atom is -0.493 e. The van der Waals surface area contributed by atoms with Crippen molar-refractivity contribution in [1.82, 2.24) is 19.9 Å². The van der Waals surface area contributed by atoms with Crippen LogP contribution in [0.1, 0.15) is 16.8 Å². The van der Waals surface area contributed by atoms with Crippen LogP contribution in [-0.2, 0) is 19.5 Å². The largest absolute Gasteiger partial charge is 0.493 e. The minimum atomic E-state index is 0.615. The zero-order valence-electron chi connectivity index (χ0n) is 20.6. The molecule has 9 heteroatoms. The maximum absolute atomic E-state index is 5.51. The Morgan fingerprint density at radius 2 is 1.60 bits per heavy atom. The van der Waals surface area contributed by atoms with Gasteiger partial charge < -0.3 is 24.0 Å². The molecule has 9 nitrogen and oxygen atoms in total. The number of methoxy groups -OCH3 is 3. The lowest BCUT2D eigenvalue weighted by atomic mass is 10.1. The van der Waals surface area contributed by atoms with Crippen molar-refractivity contribution in [2.45, 2.75) is 19.5 Å². The molecule has 184 valence electrons. The lowest BCUT2D eigenvalue weighted by molar-refractivity contribution is 0.241. The Labute approximate surface area is 206 Å². The molecule has 2 aliphatic rings.